The van der Waals surface area contributed by atoms with Gasteiger partial charge in [-0.25, -0.2) is 4.79 Å². The van der Waals surface area contributed by atoms with Crippen molar-refractivity contribution in [3.8, 4) is 11.5 Å². The Kier molecular flexibility index (Phi) is 14.4. The molecule has 1 fully saturated rings. The van der Waals surface area contributed by atoms with Crippen molar-refractivity contribution < 1.29 is 57.5 Å². The molecule has 0 spiro atoms. The molecule has 48 heavy (non-hydrogen) atoms. The van der Waals surface area contributed by atoms with Crippen LogP contribution in [-0.2, 0) is 27.2 Å². The summed E-state index contributed by atoms with van der Waals surface area (Å²) in [6.07, 6.45) is 0.945. The number of aliphatic hydroxyl groups is 3. The van der Waals surface area contributed by atoms with Gasteiger partial charge in [-0.1, -0.05) is 48.6 Å². The van der Waals surface area contributed by atoms with E-state index in [1.807, 2.05) is 12.2 Å². The van der Waals surface area contributed by atoms with Crippen molar-refractivity contribution in [1.82, 2.24) is 5.32 Å². The lowest BCUT2D eigenvalue weighted by Crippen LogP contribution is -2.40. The van der Waals surface area contributed by atoms with E-state index < -0.39 is 59.7 Å². The molecule has 0 radical (unpaired) electrons. The lowest BCUT2D eigenvalue weighted by atomic mass is 9.89. The van der Waals surface area contributed by atoms with Crippen LogP contribution in [-0.4, -0.2) is 63.2 Å². The summed E-state index contributed by atoms with van der Waals surface area (Å²) in [4.78, 5) is 39.6. The Bertz CT molecular complexity index is 1430. The number of para-hydroxylation sites is 1. The topological polar surface area (TPSA) is 178 Å². The zero-order chi connectivity index (χ0) is 35.3. The highest BCUT2D eigenvalue weighted by atomic mass is 19.4. The SMILES string of the molecule is CC(NC(=O)CCC/C=C\C[C@@H]1[C@@H](/C=C/[C@@H](O)COc2cccc(C(F)(F)F)c2)[C@H](O)C[C@@H]1O)C(=O)Oc1ccccc1CO[N+](=O)[O-]. The first kappa shape index (κ1) is 38.0. The molecular weight excluding hydrogens is 641 g/mol. The maximum Gasteiger partial charge on any atom is 0.416 e. The fourth-order valence-corrected chi connectivity index (χ4v) is 5.13. The molecule has 1 aliphatic rings. The van der Waals surface area contributed by atoms with Crippen LogP contribution in [0.5, 0.6) is 11.5 Å². The number of hydrogen-bond donors (Lipinski definition) is 4. The smallest absolute Gasteiger partial charge is 0.416 e. The van der Waals surface area contributed by atoms with Crippen molar-refractivity contribution >= 4 is 11.9 Å². The summed E-state index contributed by atoms with van der Waals surface area (Å²) in [5.41, 5.74) is -0.584. The number of aliphatic hydroxyl groups excluding tert-OH is 3. The van der Waals surface area contributed by atoms with Gasteiger partial charge in [0.05, 0.1) is 17.8 Å². The summed E-state index contributed by atoms with van der Waals surface area (Å²) in [6.45, 7) is 0.734. The third-order valence-corrected chi connectivity index (χ3v) is 7.64. The van der Waals surface area contributed by atoms with Gasteiger partial charge in [0.25, 0.3) is 5.09 Å². The minimum absolute atomic E-state index is 0.0486. The zero-order valence-corrected chi connectivity index (χ0v) is 26.1. The Labute approximate surface area is 274 Å². The summed E-state index contributed by atoms with van der Waals surface area (Å²) < 4.78 is 49.3. The number of esters is 1. The van der Waals surface area contributed by atoms with E-state index in [9.17, 15) is 48.2 Å². The molecule has 262 valence electrons. The minimum atomic E-state index is -4.52. The molecule has 4 N–H and O–H groups in total. The number of benzene rings is 2. The van der Waals surface area contributed by atoms with Crippen LogP contribution in [0.3, 0.4) is 0 Å². The van der Waals surface area contributed by atoms with Crippen LogP contribution >= 0.6 is 0 Å². The number of amides is 1. The van der Waals surface area contributed by atoms with E-state index in [-0.39, 0.29) is 48.3 Å². The van der Waals surface area contributed by atoms with Gasteiger partial charge in [0.15, 0.2) is 0 Å². The molecule has 1 saturated carbocycles. The molecule has 0 heterocycles. The van der Waals surface area contributed by atoms with Crippen molar-refractivity contribution in [2.75, 3.05) is 6.61 Å². The number of allylic oxidation sites excluding steroid dienone is 2. The number of ether oxygens (including phenoxy) is 2. The molecule has 1 aliphatic carbocycles. The van der Waals surface area contributed by atoms with E-state index in [4.69, 9.17) is 9.47 Å². The Hall–Kier alpha value is -4.47. The molecule has 15 heteroatoms. The first-order valence-corrected chi connectivity index (χ1v) is 15.3. The Morgan fingerprint density at radius 2 is 1.88 bits per heavy atom. The average molecular weight is 681 g/mol. The van der Waals surface area contributed by atoms with Crippen molar-refractivity contribution in [2.45, 2.75) is 76.2 Å². The number of rotatable bonds is 17. The molecule has 0 aliphatic heterocycles. The van der Waals surface area contributed by atoms with Crippen molar-refractivity contribution in [3.63, 3.8) is 0 Å². The van der Waals surface area contributed by atoms with Gasteiger partial charge in [-0.3, -0.25) is 4.79 Å². The molecule has 6 atom stereocenters. The summed E-state index contributed by atoms with van der Waals surface area (Å²) >= 11 is 0. The van der Waals surface area contributed by atoms with Gasteiger partial charge in [0, 0.05) is 24.3 Å². The van der Waals surface area contributed by atoms with Crippen LogP contribution in [0, 0.1) is 22.0 Å². The summed E-state index contributed by atoms with van der Waals surface area (Å²) in [5.74, 6) is -1.94. The van der Waals surface area contributed by atoms with Crippen molar-refractivity contribution in [3.05, 3.63) is 94.1 Å². The molecule has 3 rings (SSSR count). The first-order chi connectivity index (χ1) is 22.7. The highest BCUT2D eigenvalue weighted by Gasteiger charge is 2.39. The van der Waals surface area contributed by atoms with E-state index in [0.29, 0.717) is 19.3 Å². The summed E-state index contributed by atoms with van der Waals surface area (Å²) in [6, 6.07) is 9.46. The molecule has 1 unspecified atom stereocenters. The predicted molar refractivity (Wildman–Crippen MR) is 165 cm³/mol. The van der Waals surface area contributed by atoms with E-state index >= 15 is 0 Å². The van der Waals surface area contributed by atoms with Gasteiger partial charge in [0.1, 0.15) is 36.9 Å². The zero-order valence-electron chi connectivity index (χ0n) is 26.1. The maximum atomic E-state index is 12.9. The van der Waals surface area contributed by atoms with E-state index in [1.54, 1.807) is 18.2 Å². The number of unbranched alkanes of at least 4 members (excludes halogenated alkanes) is 1. The molecule has 1 amide bonds. The Morgan fingerprint density at radius 3 is 2.60 bits per heavy atom. The van der Waals surface area contributed by atoms with Crippen molar-refractivity contribution in [2.24, 2.45) is 11.8 Å². The van der Waals surface area contributed by atoms with Gasteiger partial charge < -0.3 is 34.9 Å². The monoisotopic (exact) mass is 680 g/mol. The van der Waals surface area contributed by atoms with E-state index in [1.165, 1.54) is 37.3 Å². The average Bonchev–Trinajstić information content (AvgIpc) is 3.30. The summed E-state index contributed by atoms with van der Waals surface area (Å²) in [5, 5.41) is 43.3. The second kappa shape index (κ2) is 18.2. The predicted octanol–water partition coefficient (Wildman–Crippen LogP) is 4.29. The molecule has 0 bridgehead atoms. The third-order valence-electron chi connectivity index (χ3n) is 7.64. The fourth-order valence-electron chi connectivity index (χ4n) is 5.13. The number of alkyl halides is 3. The van der Waals surface area contributed by atoms with Crippen LogP contribution in [0.25, 0.3) is 0 Å². The van der Waals surface area contributed by atoms with Gasteiger partial charge in [-0.05, 0) is 56.4 Å². The normalized spacial score (nSPS) is 20.8. The van der Waals surface area contributed by atoms with Crippen LogP contribution in [0.1, 0.15) is 50.2 Å². The van der Waals surface area contributed by atoms with Gasteiger partial charge in [-0.2, -0.15) is 13.2 Å². The number of nitrogens with one attached hydrogen (secondary N) is 1. The molecule has 12 nitrogen and oxygen atoms in total. The first-order valence-electron chi connectivity index (χ1n) is 15.3. The van der Waals surface area contributed by atoms with Gasteiger partial charge >= 0.3 is 12.1 Å². The van der Waals surface area contributed by atoms with Gasteiger partial charge in [0.2, 0.25) is 5.91 Å². The van der Waals surface area contributed by atoms with Gasteiger partial charge in [-0.15, -0.1) is 10.1 Å². The molecule has 0 saturated heterocycles. The second-order valence-electron chi connectivity index (χ2n) is 11.3. The minimum Gasteiger partial charge on any atom is -0.491 e. The highest BCUT2D eigenvalue weighted by Crippen LogP contribution is 2.36. The lowest BCUT2D eigenvalue weighted by Gasteiger charge is -2.19. The lowest BCUT2D eigenvalue weighted by molar-refractivity contribution is -0.763. The van der Waals surface area contributed by atoms with Crippen LogP contribution in [0.2, 0.25) is 0 Å². The number of carbonyl (C=O) groups excluding carboxylic acids is 2. The standard InChI is InChI=1S/C33H39F3N2O10/c1-21(32(43)48-30-13-7-6-9-22(30)19-47-38(44)45)37-31(42)14-5-3-2-4-12-26-27(29(41)18-28(26)40)16-15-24(39)20-46-25-11-8-10-23(17-25)33(34,35)36/h2,4,6-11,13,15-17,21,24,26-29,39-41H,3,5,12,14,18-20H2,1H3,(H,37,42)/b4-2-,16-15+/t21?,24-,26-,27-,28+,29-/m1/s1. The Balaban J connectivity index is 1.39. The van der Waals surface area contributed by atoms with Crippen molar-refractivity contribution in [1.29, 1.82) is 0 Å². The quantitative estimate of drug-likeness (QED) is 0.0471. The highest BCUT2D eigenvalue weighted by molar-refractivity contribution is 5.85. The van der Waals surface area contributed by atoms with Crippen LogP contribution < -0.4 is 14.8 Å². The Morgan fingerprint density at radius 1 is 1.12 bits per heavy atom. The largest absolute Gasteiger partial charge is 0.491 e. The molecular formula is C33H39F3N2O10. The number of nitrogens with zero attached hydrogens (tertiary/aromatic N) is 1. The van der Waals surface area contributed by atoms with Crippen LogP contribution in [0.15, 0.2) is 72.8 Å². The van der Waals surface area contributed by atoms with Crippen LogP contribution in [0.4, 0.5) is 13.2 Å². The van der Waals surface area contributed by atoms with E-state index in [2.05, 4.69) is 10.2 Å². The fraction of sp³-hybridized carbons (Fsp3) is 0.455. The molecule has 2 aromatic carbocycles. The number of halogens is 3. The third kappa shape index (κ3) is 12.3. The van der Waals surface area contributed by atoms with E-state index in [0.717, 1.165) is 12.1 Å². The molecule has 0 aromatic heterocycles. The number of hydrogen-bond acceptors (Lipinski definition) is 10. The maximum absolute atomic E-state index is 12.9. The molecule has 2 aromatic rings. The second-order valence-corrected chi connectivity index (χ2v) is 11.3. The number of carbonyl (C=O) groups is 2. The summed E-state index contributed by atoms with van der Waals surface area (Å²) in [7, 11) is 0.